The first kappa shape index (κ1) is 25.6. The molecule has 4 aromatic rings. The summed E-state index contributed by atoms with van der Waals surface area (Å²) in [5.74, 6) is -0.00839. The molecule has 1 aromatic heterocycles. The van der Waals surface area contributed by atoms with Crippen molar-refractivity contribution in [3.05, 3.63) is 106 Å². The fourth-order valence-electron chi connectivity index (χ4n) is 5.80. The van der Waals surface area contributed by atoms with Gasteiger partial charge in [0.1, 0.15) is 0 Å². The lowest BCUT2D eigenvalue weighted by Gasteiger charge is -2.17. The zero-order valence-corrected chi connectivity index (χ0v) is 22.8. The lowest BCUT2D eigenvalue weighted by atomic mass is 9.94. The number of hydrogen-bond acceptors (Lipinski definition) is 3. The van der Waals surface area contributed by atoms with E-state index in [1.807, 2.05) is 53.1 Å². The number of carbonyl (C=O) groups excluding carboxylic acids is 1. The average Bonchev–Trinajstić information content (AvgIpc) is 3.61. The Bertz CT molecular complexity index is 1550. The Morgan fingerprint density at radius 2 is 1.74 bits per heavy atom. The molecule has 1 amide bonds. The molecule has 0 spiro atoms. The molecular weight excluding hydrogens is 482 g/mol. The van der Waals surface area contributed by atoms with Crippen LogP contribution in [0.4, 0.5) is 0 Å². The molecule has 5 heteroatoms. The van der Waals surface area contributed by atoms with Gasteiger partial charge in [0.05, 0.1) is 6.54 Å². The minimum absolute atomic E-state index is 0.00839. The van der Waals surface area contributed by atoms with Gasteiger partial charge in [-0.2, -0.15) is 0 Å². The van der Waals surface area contributed by atoms with E-state index < -0.39 is 0 Å². The average molecular weight is 520 g/mol. The molecule has 39 heavy (non-hydrogen) atoms. The first-order chi connectivity index (χ1) is 19.0. The number of aryl methyl sites for hydroxylation is 2. The van der Waals surface area contributed by atoms with Crippen molar-refractivity contribution in [2.24, 2.45) is 0 Å². The standard InChI is InChI=1S/C34H37N3O2/c1-24-11-12-27(33(38)35-29-14-15-29)21-31(24)26-13-16-30-32(20-26)28(10-7-19-36-17-5-6-18-36)23-37(34(30)39)22-25-8-3-2-4-9-25/h2-4,8-9,11-13,16,20-21,23,29H,5-7,10,14-15,17-19,22H2,1H3,(H,35,38). The van der Waals surface area contributed by atoms with E-state index in [0.29, 0.717) is 18.2 Å². The van der Waals surface area contributed by atoms with Crippen LogP contribution in [0.1, 0.15) is 59.2 Å². The third-order valence-corrected chi connectivity index (χ3v) is 8.21. The molecule has 0 unspecified atom stereocenters. The number of aromatic nitrogens is 1. The molecule has 1 saturated heterocycles. The number of rotatable bonds is 9. The Morgan fingerprint density at radius 1 is 0.949 bits per heavy atom. The Labute approximate surface area is 230 Å². The summed E-state index contributed by atoms with van der Waals surface area (Å²) in [6, 6.07) is 22.6. The first-order valence-corrected chi connectivity index (χ1v) is 14.4. The molecule has 0 radical (unpaired) electrons. The second-order valence-corrected chi connectivity index (χ2v) is 11.3. The molecule has 6 rings (SSSR count). The van der Waals surface area contributed by atoms with E-state index in [4.69, 9.17) is 0 Å². The van der Waals surface area contributed by atoms with Crippen molar-refractivity contribution in [1.82, 2.24) is 14.8 Å². The van der Waals surface area contributed by atoms with Gasteiger partial charge in [-0.15, -0.1) is 0 Å². The van der Waals surface area contributed by atoms with Crippen molar-refractivity contribution in [3.8, 4) is 11.1 Å². The summed E-state index contributed by atoms with van der Waals surface area (Å²) < 4.78 is 1.87. The van der Waals surface area contributed by atoms with E-state index in [0.717, 1.165) is 65.3 Å². The van der Waals surface area contributed by atoms with E-state index in [1.54, 1.807) is 0 Å². The van der Waals surface area contributed by atoms with Crippen molar-refractivity contribution in [1.29, 1.82) is 0 Å². The van der Waals surface area contributed by atoms with Crippen molar-refractivity contribution in [2.45, 2.75) is 58.0 Å². The lowest BCUT2D eigenvalue weighted by molar-refractivity contribution is 0.0951. The van der Waals surface area contributed by atoms with Crippen LogP contribution in [0.3, 0.4) is 0 Å². The van der Waals surface area contributed by atoms with Crippen molar-refractivity contribution < 1.29 is 4.79 Å². The zero-order valence-electron chi connectivity index (χ0n) is 22.8. The molecular formula is C34H37N3O2. The summed E-state index contributed by atoms with van der Waals surface area (Å²) in [6.07, 6.45) is 8.80. The van der Waals surface area contributed by atoms with Crippen LogP contribution < -0.4 is 10.9 Å². The monoisotopic (exact) mass is 519 g/mol. The fraction of sp³-hybridized carbons (Fsp3) is 0.353. The van der Waals surface area contributed by atoms with Crippen LogP contribution in [0.25, 0.3) is 21.9 Å². The number of likely N-dealkylation sites (tertiary alicyclic amines) is 1. The van der Waals surface area contributed by atoms with Crippen molar-refractivity contribution in [3.63, 3.8) is 0 Å². The summed E-state index contributed by atoms with van der Waals surface area (Å²) >= 11 is 0. The normalized spacial score (nSPS) is 15.6. The summed E-state index contributed by atoms with van der Waals surface area (Å²) in [4.78, 5) is 28.9. The number of amides is 1. The maximum atomic E-state index is 13.6. The Hall–Kier alpha value is -3.70. The maximum absolute atomic E-state index is 13.6. The molecule has 0 atom stereocenters. The molecule has 0 bridgehead atoms. The van der Waals surface area contributed by atoms with Gasteiger partial charge in [-0.25, -0.2) is 0 Å². The third kappa shape index (κ3) is 5.84. The van der Waals surface area contributed by atoms with Gasteiger partial charge in [0, 0.05) is 23.2 Å². The molecule has 3 aromatic carbocycles. The highest BCUT2D eigenvalue weighted by molar-refractivity contribution is 5.97. The minimum Gasteiger partial charge on any atom is -0.349 e. The second-order valence-electron chi connectivity index (χ2n) is 11.3. The van der Waals surface area contributed by atoms with E-state index in [2.05, 4.69) is 41.5 Å². The molecule has 1 aliphatic carbocycles. The summed E-state index contributed by atoms with van der Waals surface area (Å²) in [5, 5.41) is 4.88. The van der Waals surface area contributed by atoms with Crippen LogP contribution >= 0.6 is 0 Å². The van der Waals surface area contributed by atoms with Gasteiger partial charge in [-0.3, -0.25) is 9.59 Å². The van der Waals surface area contributed by atoms with Crippen LogP contribution in [-0.2, 0) is 13.0 Å². The highest BCUT2D eigenvalue weighted by Gasteiger charge is 2.24. The van der Waals surface area contributed by atoms with Crippen molar-refractivity contribution in [2.75, 3.05) is 19.6 Å². The first-order valence-electron chi connectivity index (χ1n) is 14.4. The molecule has 1 saturated carbocycles. The van der Waals surface area contributed by atoms with Crippen LogP contribution in [0.15, 0.2) is 77.7 Å². The van der Waals surface area contributed by atoms with Gasteiger partial charge < -0.3 is 14.8 Å². The van der Waals surface area contributed by atoms with Gasteiger partial charge in [0.15, 0.2) is 0 Å². The number of carbonyl (C=O) groups is 1. The number of fused-ring (bicyclic) bond motifs is 1. The quantitative estimate of drug-likeness (QED) is 0.298. The Morgan fingerprint density at radius 3 is 2.51 bits per heavy atom. The molecule has 5 nitrogen and oxygen atoms in total. The maximum Gasteiger partial charge on any atom is 0.258 e. The van der Waals surface area contributed by atoms with E-state index in [-0.39, 0.29) is 11.5 Å². The van der Waals surface area contributed by atoms with Gasteiger partial charge in [-0.05, 0) is 123 Å². The van der Waals surface area contributed by atoms with Crippen LogP contribution in [0, 0.1) is 6.92 Å². The summed E-state index contributed by atoms with van der Waals surface area (Å²) in [5.41, 5.74) is 6.26. The molecule has 1 aliphatic heterocycles. The topological polar surface area (TPSA) is 54.3 Å². The van der Waals surface area contributed by atoms with E-state index in [9.17, 15) is 9.59 Å². The highest BCUT2D eigenvalue weighted by atomic mass is 16.1. The highest BCUT2D eigenvalue weighted by Crippen LogP contribution is 2.30. The summed E-state index contributed by atoms with van der Waals surface area (Å²) in [6.45, 7) is 6.13. The largest absolute Gasteiger partial charge is 0.349 e. The smallest absolute Gasteiger partial charge is 0.258 e. The lowest BCUT2D eigenvalue weighted by Crippen LogP contribution is -2.25. The number of benzene rings is 3. The van der Waals surface area contributed by atoms with Gasteiger partial charge in [-0.1, -0.05) is 42.5 Å². The van der Waals surface area contributed by atoms with Gasteiger partial charge >= 0.3 is 0 Å². The Balaban J connectivity index is 1.37. The number of pyridine rings is 1. The predicted octanol–water partition coefficient (Wildman–Crippen LogP) is 5.95. The third-order valence-electron chi connectivity index (χ3n) is 8.21. The van der Waals surface area contributed by atoms with Crippen LogP contribution in [0.5, 0.6) is 0 Å². The van der Waals surface area contributed by atoms with Crippen LogP contribution in [0.2, 0.25) is 0 Å². The fourth-order valence-corrected chi connectivity index (χ4v) is 5.80. The molecule has 2 aliphatic rings. The Kier molecular flexibility index (Phi) is 7.34. The SMILES string of the molecule is Cc1ccc(C(=O)NC2CC2)cc1-c1ccc2c(=O)n(Cc3ccccc3)cc(CCCN3CCCC3)c2c1. The predicted molar refractivity (Wildman–Crippen MR) is 158 cm³/mol. The van der Waals surface area contributed by atoms with Gasteiger partial charge in [0.2, 0.25) is 0 Å². The van der Waals surface area contributed by atoms with Crippen LogP contribution in [-0.4, -0.2) is 41.1 Å². The van der Waals surface area contributed by atoms with Gasteiger partial charge in [0.25, 0.3) is 11.5 Å². The summed E-state index contributed by atoms with van der Waals surface area (Å²) in [7, 11) is 0. The van der Waals surface area contributed by atoms with Crippen molar-refractivity contribution >= 4 is 16.7 Å². The molecule has 2 heterocycles. The molecule has 200 valence electrons. The van der Waals surface area contributed by atoms with E-state index in [1.165, 1.54) is 31.5 Å². The number of nitrogens with one attached hydrogen (secondary N) is 1. The van der Waals surface area contributed by atoms with E-state index >= 15 is 0 Å². The minimum atomic E-state index is -0.00839. The number of nitrogens with zero attached hydrogens (tertiary/aromatic N) is 2. The number of hydrogen-bond donors (Lipinski definition) is 1. The molecule has 1 N–H and O–H groups in total. The zero-order chi connectivity index (χ0) is 26.8. The second kappa shape index (κ2) is 11.2. The molecule has 2 fully saturated rings.